The van der Waals surface area contributed by atoms with Crippen molar-refractivity contribution in [2.24, 2.45) is 7.05 Å². The first-order valence-electron chi connectivity index (χ1n) is 9.24. The Bertz CT molecular complexity index is 1330. The third-order valence-corrected chi connectivity index (χ3v) is 5.34. The van der Waals surface area contributed by atoms with Gasteiger partial charge in [0.15, 0.2) is 0 Å². The topological polar surface area (TPSA) is 56.0 Å². The van der Waals surface area contributed by atoms with Crippen LogP contribution in [0.25, 0.3) is 16.7 Å². The van der Waals surface area contributed by atoms with E-state index in [1.165, 1.54) is 18.3 Å². The first kappa shape index (κ1) is 20.9. The normalized spacial score (nSPS) is 11.8. The van der Waals surface area contributed by atoms with Gasteiger partial charge in [-0.3, -0.25) is 4.79 Å². The lowest BCUT2D eigenvalue weighted by molar-refractivity contribution is -0.137. The maximum atomic E-state index is 13.0. The van der Waals surface area contributed by atoms with Gasteiger partial charge in [0.1, 0.15) is 10.8 Å². The Kier molecular flexibility index (Phi) is 5.22. The zero-order chi connectivity index (χ0) is 22.3. The summed E-state index contributed by atoms with van der Waals surface area (Å²) in [6.07, 6.45) is -3.18. The van der Waals surface area contributed by atoms with E-state index < -0.39 is 17.3 Å². The van der Waals surface area contributed by atoms with Crippen LogP contribution < -0.4 is 10.5 Å². The molecule has 6 nitrogen and oxygen atoms in total. The molecule has 0 bridgehead atoms. The largest absolute Gasteiger partial charge is 0.416 e. The molecular weight excluding hydrogens is 431 g/mol. The molecule has 160 valence electrons. The number of imidazole rings is 1. The fourth-order valence-electron chi connectivity index (χ4n) is 3.32. The molecule has 2 aromatic carbocycles. The molecular formula is C21H17ClF3N5O. The van der Waals surface area contributed by atoms with Crippen LogP contribution in [0.2, 0.25) is 5.02 Å². The molecule has 0 unspecified atom stereocenters. The lowest BCUT2D eigenvalue weighted by Gasteiger charge is -2.20. The quantitative estimate of drug-likeness (QED) is 0.464. The van der Waals surface area contributed by atoms with Crippen LogP contribution in [0.5, 0.6) is 0 Å². The number of para-hydroxylation sites is 2. The molecule has 0 amide bonds. The average molecular weight is 448 g/mol. The third-order valence-electron chi connectivity index (χ3n) is 4.99. The maximum Gasteiger partial charge on any atom is 0.416 e. The van der Waals surface area contributed by atoms with Crippen molar-refractivity contribution in [2.45, 2.75) is 12.7 Å². The van der Waals surface area contributed by atoms with Crippen LogP contribution in [0.15, 0.2) is 59.5 Å². The molecule has 0 aliphatic carbocycles. The van der Waals surface area contributed by atoms with Crippen LogP contribution in [-0.2, 0) is 19.8 Å². The standard InChI is InChI=1S/C21H17ClF3N5O/c1-28(12-18-27-15-8-3-4-9-16(15)29(18)2)17-11-26-30(20(31)19(17)22)14-7-5-6-13(10-14)21(23,24)25/h3-11H,12H2,1-2H3. The highest BCUT2D eigenvalue weighted by Gasteiger charge is 2.30. The molecule has 0 aliphatic heterocycles. The number of rotatable bonds is 4. The molecule has 0 atom stereocenters. The lowest BCUT2D eigenvalue weighted by Crippen LogP contribution is -2.27. The van der Waals surface area contributed by atoms with Crippen LogP contribution >= 0.6 is 11.6 Å². The third kappa shape index (κ3) is 3.88. The smallest absolute Gasteiger partial charge is 0.364 e. The predicted octanol–water partition coefficient (Wildman–Crippen LogP) is 4.43. The Morgan fingerprint density at radius 2 is 1.87 bits per heavy atom. The second-order valence-electron chi connectivity index (χ2n) is 7.04. The summed E-state index contributed by atoms with van der Waals surface area (Å²) in [6, 6.07) is 12.0. The fourth-order valence-corrected chi connectivity index (χ4v) is 3.60. The molecule has 0 fully saturated rings. The average Bonchev–Trinajstić information content (AvgIpc) is 3.05. The minimum atomic E-state index is -4.53. The Balaban J connectivity index is 1.67. The monoisotopic (exact) mass is 447 g/mol. The van der Waals surface area contributed by atoms with Gasteiger partial charge < -0.3 is 9.47 Å². The van der Waals surface area contributed by atoms with Crippen molar-refractivity contribution in [3.63, 3.8) is 0 Å². The van der Waals surface area contributed by atoms with E-state index in [0.717, 1.165) is 33.7 Å². The van der Waals surface area contributed by atoms with Gasteiger partial charge in [0.25, 0.3) is 5.56 Å². The van der Waals surface area contributed by atoms with E-state index in [-0.39, 0.29) is 10.7 Å². The summed E-state index contributed by atoms with van der Waals surface area (Å²) in [6.45, 7) is 0.347. The molecule has 0 radical (unpaired) electrons. The van der Waals surface area contributed by atoms with Crippen LogP contribution in [0, 0.1) is 0 Å². The van der Waals surface area contributed by atoms with Crippen molar-refractivity contribution < 1.29 is 13.2 Å². The number of fused-ring (bicyclic) bond motifs is 1. The van der Waals surface area contributed by atoms with Crippen molar-refractivity contribution in [2.75, 3.05) is 11.9 Å². The van der Waals surface area contributed by atoms with E-state index in [4.69, 9.17) is 11.6 Å². The summed E-state index contributed by atoms with van der Waals surface area (Å²) < 4.78 is 41.8. The number of hydrogen-bond acceptors (Lipinski definition) is 4. The summed E-state index contributed by atoms with van der Waals surface area (Å²) >= 11 is 6.29. The first-order valence-corrected chi connectivity index (χ1v) is 9.61. The van der Waals surface area contributed by atoms with Crippen molar-refractivity contribution in [1.82, 2.24) is 19.3 Å². The molecule has 0 saturated carbocycles. The summed E-state index contributed by atoms with van der Waals surface area (Å²) in [5, 5.41) is 3.90. The molecule has 0 N–H and O–H groups in total. The highest BCUT2D eigenvalue weighted by molar-refractivity contribution is 6.33. The van der Waals surface area contributed by atoms with Crippen LogP contribution in [0.4, 0.5) is 18.9 Å². The van der Waals surface area contributed by atoms with Crippen LogP contribution in [-0.4, -0.2) is 26.4 Å². The van der Waals surface area contributed by atoms with Crippen LogP contribution in [0.1, 0.15) is 11.4 Å². The zero-order valence-corrected chi connectivity index (χ0v) is 17.3. The Morgan fingerprint density at radius 1 is 1.13 bits per heavy atom. The molecule has 4 rings (SSSR count). The van der Waals surface area contributed by atoms with E-state index in [0.29, 0.717) is 12.2 Å². The van der Waals surface area contributed by atoms with Gasteiger partial charge in [0, 0.05) is 14.1 Å². The van der Waals surface area contributed by atoms with Gasteiger partial charge in [-0.15, -0.1) is 0 Å². The number of benzene rings is 2. The molecule has 31 heavy (non-hydrogen) atoms. The summed E-state index contributed by atoms with van der Waals surface area (Å²) in [5.74, 6) is 0.752. The molecule has 0 spiro atoms. The SMILES string of the molecule is CN(Cc1nc2ccccc2n1C)c1cnn(-c2cccc(C(F)(F)F)c2)c(=O)c1Cl. The number of hydrogen-bond donors (Lipinski definition) is 0. The number of anilines is 1. The minimum Gasteiger partial charge on any atom is -0.364 e. The number of nitrogens with zero attached hydrogens (tertiary/aromatic N) is 5. The summed E-state index contributed by atoms with van der Waals surface area (Å²) in [4.78, 5) is 19.1. The van der Waals surface area contributed by atoms with Crippen molar-refractivity contribution in [3.8, 4) is 5.69 Å². The lowest BCUT2D eigenvalue weighted by atomic mass is 10.2. The predicted molar refractivity (Wildman–Crippen MR) is 113 cm³/mol. The summed E-state index contributed by atoms with van der Waals surface area (Å²) in [5.41, 5.74) is 0.550. The molecule has 4 aromatic rings. The molecule has 10 heteroatoms. The van der Waals surface area contributed by atoms with E-state index in [9.17, 15) is 18.0 Å². The van der Waals surface area contributed by atoms with E-state index in [2.05, 4.69) is 10.1 Å². The van der Waals surface area contributed by atoms with E-state index in [1.54, 1.807) is 11.9 Å². The number of alkyl halides is 3. The first-order chi connectivity index (χ1) is 14.7. The molecule has 0 aliphatic rings. The molecule has 2 heterocycles. The van der Waals surface area contributed by atoms with Gasteiger partial charge in [0.2, 0.25) is 0 Å². The maximum absolute atomic E-state index is 13.0. The zero-order valence-electron chi connectivity index (χ0n) is 16.6. The van der Waals surface area contributed by atoms with Crippen LogP contribution in [0.3, 0.4) is 0 Å². The molecule has 2 aromatic heterocycles. The van der Waals surface area contributed by atoms with Gasteiger partial charge in [0.05, 0.1) is 40.7 Å². The summed E-state index contributed by atoms with van der Waals surface area (Å²) in [7, 11) is 3.63. The highest BCUT2D eigenvalue weighted by Crippen LogP contribution is 2.30. The Morgan fingerprint density at radius 3 is 2.58 bits per heavy atom. The Labute approximate surface area is 180 Å². The fraction of sp³-hybridized carbons (Fsp3) is 0.190. The van der Waals surface area contributed by atoms with Gasteiger partial charge >= 0.3 is 6.18 Å². The minimum absolute atomic E-state index is 0.0220. The van der Waals surface area contributed by atoms with Gasteiger partial charge in [-0.2, -0.15) is 23.0 Å². The van der Waals surface area contributed by atoms with Gasteiger partial charge in [-0.05, 0) is 30.3 Å². The Hall–Kier alpha value is -3.33. The second-order valence-corrected chi connectivity index (χ2v) is 7.42. The highest BCUT2D eigenvalue weighted by atomic mass is 35.5. The van der Waals surface area contributed by atoms with E-state index >= 15 is 0 Å². The van der Waals surface area contributed by atoms with Crippen molar-refractivity contribution in [1.29, 1.82) is 0 Å². The second kappa shape index (κ2) is 7.73. The van der Waals surface area contributed by atoms with Crippen molar-refractivity contribution in [3.05, 3.63) is 81.5 Å². The van der Waals surface area contributed by atoms with Crippen molar-refractivity contribution >= 4 is 28.3 Å². The number of halogens is 4. The van der Waals surface area contributed by atoms with E-state index in [1.807, 2.05) is 35.9 Å². The van der Waals surface area contributed by atoms with Gasteiger partial charge in [-0.1, -0.05) is 29.8 Å². The molecule has 0 saturated heterocycles. The van der Waals surface area contributed by atoms with Gasteiger partial charge in [-0.25, -0.2) is 4.98 Å². The number of aryl methyl sites for hydroxylation is 1. The number of aromatic nitrogens is 4.